The highest BCUT2D eigenvalue weighted by Crippen LogP contribution is 2.34. The number of pyridine rings is 1. The first kappa shape index (κ1) is 21.5. The summed E-state index contributed by atoms with van der Waals surface area (Å²) in [4.78, 5) is 18.2. The molecule has 3 aromatic heterocycles. The zero-order valence-electron chi connectivity index (χ0n) is 18.0. The van der Waals surface area contributed by atoms with Crippen molar-refractivity contribution >= 4 is 27.3 Å². The fourth-order valence-electron chi connectivity index (χ4n) is 3.77. The van der Waals surface area contributed by atoms with E-state index in [9.17, 15) is 5.26 Å². The van der Waals surface area contributed by atoms with Crippen LogP contribution in [0.3, 0.4) is 0 Å². The Hall–Kier alpha value is -3.76. The molecule has 0 aliphatic carbocycles. The molecule has 0 aromatic carbocycles. The number of thiophene rings is 1. The third-order valence-corrected chi connectivity index (χ3v) is 6.35. The second-order valence-corrected chi connectivity index (χ2v) is 8.18. The molecular formula is C25H24N6S. The standard InChI is InChI=1S/C25H24N6S/c1-4-8-19(9-5-2)31-14-12-30(13-15-31)18(3)20-17-32-24-22(16-26)28-25(29-23(20)24)21-10-6-7-11-27-21/h4-11,17H,1,3,12-15H2,2H3/b9-5-,19-8+. The van der Waals surface area contributed by atoms with Gasteiger partial charge in [-0.1, -0.05) is 31.4 Å². The van der Waals surface area contributed by atoms with Gasteiger partial charge < -0.3 is 9.80 Å². The Balaban J connectivity index is 1.62. The van der Waals surface area contributed by atoms with Crippen molar-refractivity contribution < 1.29 is 0 Å². The number of nitriles is 1. The minimum atomic E-state index is 0.370. The SMILES string of the molecule is C=C/C=C(\C=C/C)N1CCN(C(=C)c2csc3c(C#N)nc(-c4ccccn4)nc23)CC1. The Morgan fingerprint density at radius 1 is 1.19 bits per heavy atom. The van der Waals surface area contributed by atoms with E-state index in [2.05, 4.69) is 45.1 Å². The number of allylic oxidation sites excluding steroid dienone is 4. The maximum absolute atomic E-state index is 9.66. The molecule has 0 N–H and O–H groups in total. The smallest absolute Gasteiger partial charge is 0.180 e. The summed E-state index contributed by atoms with van der Waals surface area (Å²) >= 11 is 1.48. The zero-order valence-corrected chi connectivity index (χ0v) is 18.8. The van der Waals surface area contributed by atoms with Gasteiger partial charge in [0, 0.05) is 54.7 Å². The lowest BCUT2D eigenvalue weighted by Crippen LogP contribution is -2.44. The minimum absolute atomic E-state index is 0.370. The van der Waals surface area contributed by atoms with Crippen LogP contribution in [0.15, 0.2) is 72.9 Å². The maximum Gasteiger partial charge on any atom is 0.180 e. The van der Waals surface area contributed by atoms with Gasteiger partial charge in [-0.25, -0.2) is 9.97 Å². The van der Waals surface area contributed by atoms with Crippen LogP contribution in [0.25, 0.3) is 27.4 Å². The van der Waals surface area contributed by atoms with E-state index in [4.69, 9.17) is 4.98 Å². The Morgan fingerprint density at radius 2 is 1.97 bits per heavy atom. The summed E-state index contributed by atoms with van der Waals surface area (Å²) in [6, 6.07) is 7.79. The summed E-state index contributed by atoms with van der Waals surface area (Å²) in [5.41, 5.74) is 4.81. The fraction of sp³-hybridized carbons (Fsp3) is 0.200. The molecule has 0 saturated carbocycles. The van der Waals surface area contributed by atoms with Crippen LogP contribution in [0, 0.1) is 11.3 Å². The number of hydrogen-bond acceptors (Lipinski definition) is 7. The Kier molecular flexibility index (Phi) is 6.43. The predicted octanol–water partition coefficient (Wildman–Crippen LogP) is 4.86. The number of aromatic nitrogens is 3. The first-order chi connectivity index (χ1) is 15.7. The quantitative estimate of drug-likeness (QED) is 0.510. The van der Waals surface area contributed by atoms with E-state index in [0.717, 1.165) is 47.7 Å². The van der Waals surface area contributed by atoms with E-state index >= 15 is 0 Å². The minimum Gasteiger partial charge on any atom is -0.368 e. The maximum atomic E-state index is 9.66. The fourth-order valence-corrected chi connectivity index (χ4v) is 4.72. The molecule has 6 nitrogen and oxygen atoms in total. The van der Waals surface area contributed by atoms with E-state index in [-0.39, 0.29) is 0 Å². The molecule has 0 radical (unpaired) electrons. The zero-order chi connectivity index (χ0) is 22.5. The van der Waals surface area contributed by atoms with E-state index < -0.39 is 0 Å². The Labute approximate surface area is 192 Å². The topological polar surface area (TPSA) is 68.9 Å². The van der Waals surface area contributed by atoms with Crippen LogP contribution in [-0.4, -0.2) is 50.9 Å². The van der Waals surface area contributed by atoms with Crippen LogP contribution in [0.1, 0.15) is 18.2 Å². The molecule has 0 bridgehead atoms. The van der Waals surface area contributed by atoms with Gasteiger partial charge in [0.2, 0.25) is 0 Å². The summed E-state index contributed by atoms with van der Waals surface area (Å²) in [6.07, 6.45) is 9.71. The second-order valence-electron chi connectivity index (χ2n) is 7.30. The van der Waals surface area contributed by atoms with Crippen LogP contribution < -0.4 is 0 Å². The molecule has 160 valence electrons. The van der Waals surface area contributed by atoms with E-state index in [1.165, 1.54) is 17.0 Å². The van der Waals surface area contributed by atoms with Crippen LogP contribution in [0.5, 0.6) is 0 Å². The van der Waals surface area contributed by atoms with Crippen molar-refractivity contribution in [3.05, 3.63) is 84.2 Å². The normalized spacial score (nSPS) is 14.7. The van der Waals surface area contributed by atoms with Gasteiger partial charge in [0.1, 0.15) is 11.8 Å². The molecule has 0 amide bonds. The number of nitrogens with zero attached hydrogens (tertiary/aromatic N) is 6. The van der Waals surface area contributed by atoms with Crippen molar-refractivity contribution in [3.63, 3.8) is 0 Å². The lowest BCUT2D eigenvalue weighted by molar-refractivity contribution is 0.218. The van der Waals surface area contributed by atoms with Crippen molar-refractivity contribution in [1.29, 1.82) is 5.26 Å². The van der Waals surface area contributed by atoms with E-state index in [1.54, 1.807) is 6.20 Å². The highest BCUT2D eigenvalue weighted by Gasteiger charge is 2.23. The largest absolute Gasteiger partial charge is 0.368 e. The summed E-state index contributed by atoms with van der Waals surface area (Å²) in [5.74, 6) is 0.456. The number of rotatable bonds is 6. The number of hydrogen-bond donors (Lipinski definition) is 0. The summed E-state index contributed by atoms with van der Waals surface area (Å²) in [5, 5.41) is 11.7. The Morgan fingerprint density at radius 3 is 2.62 bits per heavy atom. The van der Waals surface area contributed by atoms with Crippen molar-refractivity contribution in [2.75, 3.05) is 26.2 Å². The van der Waals surface area contributed by atoms with Gasteiger partial charge in [0.25, 0.3) is 0 Å². The molecule has 3 aromatic rings. The molecule has 1 aliphatic rings. The second kappa shape index (κ2) is 9.58. The first-order valence-electron chi connectivity index (χ1n) is 10.4. The van der Waals surface area contributed by atoms with Crippen molar-refractivity contribution in [1.82, 2.24) is 24.8 Å². The third-order valence-electron chi connectivity index (χ3n) is 5.38. The molecule has 0 atom stereocenters. The molecule has 4 heterocycles. The Bertz CT molecular complexity index is 1240. The molecule has 1 aliphatic heterocycles. The van der Waals surface area contributed by atoms with Gasteiger partial charge in [-0.3, -0.25) is 4.98 Å². The van der Waals surface area contributed by atoms with Gasteiger partial charge in [0.05, 0.1) is 10.2 Å². The van der Waals surface area contributed by atoms with E-state index in [1.807, 2.05) is 48.7 Å². The summed E-state index contributed by atoms with van der Waals surface area (Å²) in [7, 11) is 0. The molecule has 7 heteroatoms. The van der Waals surface area contributed by atoms with Gasteiger partial charge in [-0.05, 0) is 31.2 Å². The van der Waals surface area contributed by atoms with Crippen molar-refractivity contribution in [2.45, 2.75) is 6.92 Å². The molecule has 1 saturated heterocycles. The van der Waals surface area contributed by atoms with Crippen LogP contribution >= 0.6 is 11.3 Å². The average Bonchev–Trinajstić information content (AvgIpc) is 3.27. The average molecular weight is 441 g/mol. The molecular weight excluding hydrogens is 416 g/mol. The molecule has 4 rings (SSSR count). The van der Waals surface area contributed by atoms with Crippen LogP contribution in [0.4, 0.5) is 0 Å². The molecule has 1 fully saturated rings. The molecule has 32 heavy (non-hydrogen) atoms. The highest BCUT2D eigenvalue weighted by molar-refractivity contribution is 7.17. The van der Waals surface area contributed by atoms with Gasteiger partial charge in [-0.2, -0.15) is 5.26 Å². The lowest BCUT2D eigenvalue weighted by atomic mass is 10.1. The monoisotopic (exact) mass is 440 g/mol. The van der Waals surface area contributed by atoms with E-state index in [0.29, 0.717) is 17.2 Å². The first-order valence-corrected chi connectivity index (χ1v) is 11.3. The lowest BCUT2D eigenvalue weighted by Gasteiger charge is -2.38. The van der Waals surface area contributed by atoms with Crippen molar-refractivity contribution in [2.24, 2.45) is 0 Å². The summed E-state index contributed by atoms with van der Waals surface area (Å²) < 4.78 is 0.784. The molecule has 0 unspecified atom stereocenters. The highest BCUT2D eigenvalue weighted by atomic mass is 32.1. The number of fused-ring (bicyclic) bond motifs is 1. The number of piperazine rings is 1. The van der Waals surface area contributed by atoms with Gasteiger partial charge >= 0.3 is 0 Å². The predicted molar refractivity (Wildman–Crippen MR) is 131 cm³/mol. The van der Waals surface area contributed by atoms with Crippen LogP contribution in [-0.2, 0) is 0 Å². The van der Waals surface area contributed by atoms with Crippen LogP contribution in [0.2, 0.25) is 0 Å². The van der Waals surface area contributed by atoms with Gasteiger partial charge in [-0.15, -0.1) is 11.3 Å². The summed E-state index contributed by atoms with van der Waals surface area (Å²) in [6.45, 7) is 13.7. The van der Waals surface area contributed by atoms with Crippen molar-refractivity contribution in [3.8, 4) is 17.6 Å². The van der Waals surface area contributed by atoms with Gasteiger partial charge in [0.15, 0.2) is 11.5 Å². The molecule has 0 spiro atoms. The third kappa shape index (κ3) is 4.18.